The van der Waals surface area contributed by atoms with Crippen molar-refractivity contribution in [1.82, 2.24) is 9.80 Å². The zero-order chi connectivity index (χ0) is 15.5. The van der Waals surface area contributed by atoms with Crippen molar-refractivity contribution in [2.24, 2.45) is 5.92 Å². The molecule has 120 valence electrons. The summed E-state index contributed by atoms with van der Waals surface area (Å²) in [7, 11) is 0. The van der Waals surface area contributed by atoms with E-state index in [1.807, 2.05) is 26.6 Å². The summed E-state index contributed by atoms with van der Waals surface area (Å²) in [4.78, 5) is 27.1. The van der Waals surface area contributed by atoms with Gasteiger partial charge in [-0.05, 0) is 24.4 Å². The van der Waals surface area contributed by atoms with E-state index in [1.165, 1.54) is 11.3 Å². The summed E-state index contributed by atoms with van der Waals surface area (Å²) in [5, 5.41) is 12.7. The molecule has 0 unspecified atom stereocenters. The Hall–Kier alpha value is -1.44. The van der Waals surface area contributed by atoms with Gasteiger partial charge in [-0.2, -0.15) is 11.3 Å². The van der Waals surface area contributed by atoms with Crippen LogP contribution in [0, 0.1) is 5.92 Å². The third kappa shape index (κ3) is 3.48. The number of carboxylic acid groups (broad SMARTS) is 1. The summed E-state index contributed by atoms with van der Waals surface area (Å²) < 4.78 is 5.89. The average Bonchev–Trinajstić information content (AvgIpc) is 2.93. The smallest absolute Gasteiger partial charge is 0.317 e. The third-order valence-electron chi connectivity index (χ3n) is 4.34. The van der Waals surface area contributed by atoms with Crippen LogP contribution in [0.1, 0.15) is 16.8 Å². The second kappa shape index (κ2) is 6.76. The number of likely N-dealkylation sites (tertiary alicyclic amines) is 1. The fourth-order valence-electron chi connectivity index (χ4n) is 3.20. The van der Waals surface area contributed by atoms with Gasteiger partial charge in [-0.1, -0.05) is 0 Å². The molecule has 3 heterocycles. The molecule has 1 amide bonds. The van der Waals surface area contributed by atoms with Crippen LogP contribution in [0.5, 0.6) is 0 Å². The lowest BCUT2D eigenvalue weighted by Gasteiger charge is -2.37. The van der Waals surface area contributed by atoms with E-state index >= 15 is 0 Å². The first-order valence-electron chi connectivity index (χ1n) is 7.50. The highest BCUT2D eigenvalue weighted by atomic mass is 32.1. The second-order valence-electron chi connectivity index (χ2n) is 5.85. The number of piperidine rings is 1. The Morgan fingerprint density at radius 2 is 2.23 bits per heavy atom. The molecule has 0 radical (unpaired) electrons. The molecule has 0 spiro atoms. The minimum Gasteiger partial charge on any atom is -0.480 e. The maximum atomic E-state index is 12.5. The van der Waals surface area contributed by atoms with Gasteiger partial charge in [0.05, 0.1) is 24.8 Å². The lowest BCUT2D eigenvalue weighted by Crippen LogP contribution is -2.48. The SMILES string of the molecule is O=C(O)CN1CC[C@H]2CN(C(=O)c3ccsc3)CCO[C@@H]2C1. The van der Waals surface area contributed by atoms with Crippen molar-refractivity contribution >= 4 is 23.2 Å². The lowest BCUT2D eigenvalue weighted by atomic mass is 9.93. The minimum atomic E-state index is -0.804. The number of hydrogen-bond acceptors (Lipinski definition) is 5. The van der Waals surface area contributed by atoms with Gasteiger partial charge in [0, 0.05) is 30.9 Å². The summed E-state index contributed by atoms with van der Waals surface area (Å²) in [6.45, 7) is 3.25. The van der Waals surface area contributed by atoms with E-state index in [0.717, 1.165) is 18.5 Å². The fourth-order valence-corrected chi connectivity index (χ4v) is 3.83. The summed E-state index contributed by atoms with van der Waals surface area (Å²) in [5.74, 6) is -0.449. The van der Waals surface area contributed by atoms with Crippen molar-refractivity contribution in [3.05, 3.63) is 22.4 Å². The molecule has 3 rings (SSSR count). The maximum absolute atomic E-state index is 12.5. The number of nitrogens with zero attached hydrogens (tertiary/aromatic N) is 2. The molecule has 0 aliphatic carbocycles. The van der Waals surface area contributed by atoms with Crippen molar-refractivity contribution in [3.63, 3.8) is 0 Å². The normalized spacial score (nSPS) is 26.3. The third-order valence-corrected chi connectivity index (χ3v) is 5.03. The highest BCUT2D eigenvalue weighted by Crippen LogP contribution is 2.25. The second-order valence-corrected chi connectivity index (χ2v) is 6.63. The van der Waals surface area contributed by atoms with Gasteiger partial charge < -0.3 is 14.7 Å². The van der Waals surface area contributed by atoms with Gasteiger partial charge in [0.15, 0.2) is 0 Å². The number of thiophene rings is 1. The summed E-state index contributed by atoms with van der Waals surface area (Å²) >= 11 is 1.52. The first kappa shape index (κ1) is 15.5. The Bertz CT molecular complexity index is 534. The number of hydrogen-bond donors (Lipinski definition) is 1. The predicted molar refractivity (Wildman–Crippen MR) is 82.1 cm³/mol. The average molecular weight is 324 g/mol. The monoisotopic (exact) mass is 324 g/mol. The maximum Gasteiger partial charge on any atom is 0.317 e. The lowest BCUT2D eigenvalue weighted by molar-refractivity contribution is -0.139. The molecule has 0 saturated carbocycles. The molecule has 2 atom stereocenters. The van der Waals surface area contributed by atoms with Crippen LogP contribution in [0.25, 0.3) is 0 Å². The molecule has 2 fully saturated rings. The van der Waals surface area contributed by atoms with Crippen LogP contribution in [0.2, 0.25) is 0 Å². The molecule has 0 aromatic carbocycles. The molecular weight excluding hydrogens is 304 g/mol. The van der Waals surface area contributed by atoms with Crippen LogP contribution in [-0.4, -0.2) is 72.2 Å². The van der Waals surface area contributed by atoms with E-state index in [-0.39, 0.29) is 24.5 Å². The van der Waals surface area contributed by atoms with E-state index in [9.17, 15) is 9.59 Å². The van der Waals surface area contributed by atoms with Crippen LogP contribution >= 0.6 is 11.3 Å². The molecule has 2 aliphatic rings. The van der Waals surface area contributed by atoms with E-state index in [1.54, 1.807) is 0 Å². The van der Waals surface area contributed by atoms with Crippen LogP contribution in [0.15, 0.2) is 16.8 Å². The van der Waals surface area contributed by atoms with Crippen LogP contribution in [0.3, 0.4) is 0 Å². The molecule has 1 aromatic rings. The topological polar surface area (TPSA) is 70.1 Å². The quantitative estimate of drug-likeness (QED) is 0.898. The largest absolute Gasteiger partial charge is 0.480 e. The van der Waals surface area contributed by atoms with Gasteiger partial charge in [0.1, 0.15) is 0 Å². The van der Waals surface area contributed by atoms with Crippen molar-refractivity contribution < 1.29 is 19.4 Å². The van der Waals surface area contributed by atoms with Crippen molar-refractivity contribution in [3.8, 4) is 0 Å². The zero-order valence-corrected chi connectivity index (χ0v) is 13.1. The van der Waals surface area contributed by atoms with Gasteiger partial charge in [-0.3, -0.25) is 14.5 Å². The molecule has 1 aromatic heterocycles. The standard InChI is InChI=1S/C15H20N2O4S/c18-14(19)9-16-3-1-11-7-17(4-5-21-13(11)8-16)15(20)12-2-6-22-10-12/h2,6,10-11,13H,1,3-5,7-9H2,(H,18,19)/t11-,13+/m0/s1. The Kier molecular flexibility index (Phi) is 4.75. The molecule has 0 bridgehead atoms. The molecular formula is C15H20N2O4S. The van der Waals surface area contributed by atoms with Crippen molar-refractivity contribution in [2.75, 3.05) is 39.3 Å². The number of carbonyl (C=O) groups excluding carboxylic acids is 1. The predicted octanol–water partition coefficient (Wildman–Crippen LogP) is 0.996. The van der Waals surface area contributed by atoms with Crippen molar-refractivity contribution in [2.45, 2.75) is 12.5 Å². The van der Waals surface area contributed by atoms with Gasteiger partial charge in [-0.25, -0.2) is 0 Å². The summed E-state index contributed by atoms with van der Waals surface area (Å²) in [6.07, 6.45) is 0.888. The summed E-state index contributed by atoms with van der Waals surface area (Å²) in [6, 6.07) is 1.85. The van der Waals surface area contributed by atoms with E-state index < -0.39 is 5.97 Å². The Morgan fingerprint density at radius 1 is 1.36 bits per heavy atom. The Morgan fingerprint density at radius 3 is 2.95 bits per heavy atom. The molecule has 6 nitrogen and oxygen atoms in total. The number of carbonyl (C=O) groups is 2. The first-order chi connectivity index (χ1) is 10.6. The highest BCUT2D eigenvalue weighted by Gasteiger charge is 2.35. The number of ether oxygens (including phenoxy) is 1. The van der Waals surface area contributed by atoms with Crippen molar-refractivity contribution in [1.29, 1.82) is 0 Å². The van der Waals surface area contributed by atoms with Crippen LogP contribution in [0.4, 0.5) is 0 Å². The number of fused-ring (bicyclic) bond motifs is 1. The van der Waals surface area contributed by atoms with Gasteiger partial charge in [0.2, 0.25) is 0 Å². The number of amides is 1. The fraction of sp³-hybridized carbons (Fsp3) is 0.600. The first-order valence-corrected chi connectivity index (χ1v) is 8.45. The van der Waals surface area contributed by atoms with Gasteiger partial charge in [-0.15, -0.1) is 0 Å². The highest BCUT2D eigenvalue weighted by molar-refractivity contribution is 7.08. The zero-order valence-electron chi connectivity index (χ0n) is 12.3. The number of aliphatic carboxylic acids is 1. The van der Waals surface area contributed by atoms with E-state index in [0.29, 0.717) is 26.2 Å². The minimum absolute atomic E-state index is 0.0216. The van der Waals surface area contributed by atoms with E-state index in [2.05, 4.69) is 0 Å². The molecule has 2 aliphatic heterocycles. The van der Waals surface area contributed by atoms with Gasteiger partial charge >= 0.3 is 5.97 Å². The van der Waals surface area contributed by atoms with Crippen LogP contribution < -0.4 is 0 Å². The molecule has 2 saturated heterocycles. The van der Waals surface area contributed by atoms with Crippen LogP contribution in [-0.2, 0) is 9.53 Å². The molecule has 1 N–H and O–H groups in total. The van der Waals surface area contributed by atoms with E-state index in [4.69, 9.17) is 9.84 Å². The van der Waals surface area contributed by atoms with Gasteiger partial charge in [0.25, 0.3) is 5.91 Å². The number of rotatable bonds is 3. The molecule has 7 heteroatoms. The summed E-state index contributed by atoms with van der Waals surface area (Å²) in [5.41, 5.74) is 0.742. The Balaban J connectivity index is 1.63. The number of carboxylic acids is 1. The Labute approximate surface area is 133 Å². The molecule has 22 heavy (non-hydrogen) atoms.